The topological polar surface area (TPSA) is 36.9 Å². The molecule has 6 heteroatoms. The molecule has 1 saturated carbocycles. The lowest BCUT2D eigenvalue weighted by Crippen LogP contribution is -2.42. The van der Waals surface area contributed by atoms with Crippen molar-refractivity contribution < 1.29 is 4.74 Å². The number of aliphatic imine (C=N–C) groups is 1. The molecule has 0 aromatic carbocycles. The third kappa shape index (κ3) is 6.97. The van der Waals surface area contributed by atoms with Gasteiger partial charge in [0.05, 0.1) is 0 Å². The molecular formula is C17H30IN3OS. The van der Waals surface area contributed by atoms with Crippen LogP contribution in [0.25, 0.3) is 0 Å². The van der Waals surface area contributed by atoms with E-state index < -0.39 is 0 Å². The van der Waals surface area contributed by atoms with Gasteiger partial charge in [-0.2, -0.15) is 0 Å². The lowest BCUT2D eigenvalue weighted by atomic mass is 10.0. The van der Waals surface area contributed by atoms with Crippen molar-refractivity contribution in [3.8, 4) is 0 Å². The molecule has 1 heterocycles. The minimum atomic E-state index is 0. The van der Waals surface area contributed by atoms with E-state index in [1.54, 1.807) is 0 Å². The first-order valence-electron chi connectivity index (χ1n) is 8.21. The van der Waals surface area contributed by atoms with Gasteiger partial charge in [-0.15, -0.1) is 35.3 Å². The van der Waals surface area contributed by atoms with E-state index in [0.29, 0.717) is 5.41 Å². The summed E-state index contributed by atoms with van der Waals surface area (Å²) in [7, 11) is 3.98. The van der Waals surface area contributed by atoms with Gasteiger partial charge in [0.1, 0.15) is 0 Å². The Bertz CT molecular complexity index is 460. The van der Waals surface area contributed by atoms with Gasteiger partial charge in [0.2, 0.25) is 0 Å². The lowest BCUT2D eigenvalue weighted by molar-refractivity contribution is 0.128. The second-order valence-electron chi connectivity index (χ2n) is 6.10. The van der Waals surface area contributed by atoms with Crippen LogP contribution in [-0.2, 0) is 11.2 Å². The summed E-state index contributed by atoms with van der Waals surface area (Å²) in [6.45, 7) is 5.76. The molecule has 4 nitrogen and oxygen atoms in total. The van der Waals surface area contributed by atoms with E-state index in [9.17, 15) is 0 Å². The van der Waals surface area contributed by atoms with Gasteiger partial charge in [-0.25, -0.2) is 0 Å². The average Bonchev–Trinajstić information content (AvgIpc) is 3.09. The predicted octanol–water partition coefficient (Wildman–Crippen LogP) is 3.62. The summed E-state index contributed by atoms with van der Waals surface area (Å²) in [4.78, 5) is 8.07. The number of hydrogen-bond acceptors (Lipinski definition) is 3. The molecule has 0 bridgehead atoms. The molecule has 0 amide bonds. The quantitative estimate of drug-likeness (QED) is 0.270. The number of ether oxygens (including phenoxy) is 1. The molecule has 132 valence electrons. The summed E-state index contributed by atoms with van der Waals surface area (Å²) in [5, 5.41) is 5.69. The van der Waals surface area contributed by atoms with Gasteiger partial charge >= 0.3 is 0 Å². The zero-order chi connectivity index (χ0) is 15.8. The van der Waals surface area contributed by atoms with Crippen LogP contribution in [0.5, 0.6) is 0 Å². The molecule has 1 aromatic heterocycles. The summed E-state index contributed by atoms with van der Waals surface area (Å²) in [6.07, 6.45) is 4.85. The van der Waals surface area contributed by atoms with Crippen LogP contribution in [0.1, 0.15) is 31.1 Å². The van der Waals surface area contributed by atoms with E-state index in [4.69, 9.17) is 4.74 Å². The van der Waals surface area contributed by atoms with Gasteiger partial charge in [-0.05, 0) is 49.5 Å². The normalized spacial score (nSPS) is 15.9. The fourth-order valence-electron chi connectivity index (χ4n) is 2.61. The number of halogens is 1. The number of thiophene rings is 1. The Labute approximate surface area is 161 Å². The van der Waals surface area contributed by atoms with Crippen molar-refractivity contribution in [2.24, 2.45) is 10.4 Å². The Morgan fingerprint density at radius 3 is 2.83 bits per heavy atom. The molecule has 2 rings (SSSR count). The van der Waals surface area contributed by atoms with Crippen LogP contribution in [0, 0.1) is 5.41 Å². The summed E-state index contributed by atoms with van der Waals surface area (Å²) >= 11 is 1.82. The van der Waals surface area contributed by atoms with Gasteiger partial charge in [-0.1, -0.05) is 6.07 Å². The number of nitrogens with zero attached hydrogens (tertiary/aromatic N) is 2. The summed E-state index contributed by atoms with van der Waals surface area (Å²) in [5.74, 6) is 0.999. The maximum Gasteiger partial charge on any atom is 0.193 e. The Hall–Kier alpha value is -0.340. The monoisotopic (exact) mass is 451 g/mol. The van der Waals surface area contributed by atoms with Crippen molar-refractivity contribution in [2.45, 2.75) is 32.6 Å². The Morgan fingerprint density at radius 1 is 1.48 bits per heavy atom. The van der Waals surface area contributed by atoms with Gasteiger partial charge in [0.15, 0.2) is 5.96 Å². The minimum absolute atomic E-state index is 0. The molecule has 23 heavy (non-hydrogen) atoms. The van der Waals surface area contributed by atoms with Crippen molar-refractivity contribution in [1.29, 1.82) is 0 Å². The van der Waals surface area contributed by atoms with Crippen molar-refractivity contribution in [1.82, 2.24) is 10.2 Å². The fourth-order valence-corrected chi connectivity index (χ4v) is 3.31. The van der Waals surface area contributed by atoms with Crippen LogP contribution in [-0.4, -0.2) is 51.3 Å². The second-order valence-corrected chi connectivity index (χ2v) is 7.13. The number of guanidine groups is 1. The maximum atomic E-state index is 5.50. The van der Waals surface area contributed by atoms with Gasteiger partial charge in [0.25, 0.3) is 0 Å². The van der Waals surface area contributed by atoms with Crippen molar-refractivity contribution >= 4 is 41.3 Å². The highest BCUT2D eigenvalue weighted by Crippen LogP contribution is 2.48. The third-order valence-electron chi connectivity index (χ3n) is 4.41. The lowest BCUT2D eigenvalue weighted by Gasteiger charge is -2.24. The molecule has 1 N–H and O–H groups in total. The summed E-state index contributed by atoms with van der Waals surface area (Å²) in [5.41, 5.74) is 0.444. The Balaban J connectivity index is 0.00000264. The molecule has 0 spiro atoms. The van der Waals surface area contributed by atoms with E-state index in [2.05, 4.69) is 46.7 Å². The van der Waals surface area contributed by atoms with Crippen LogP contribution in [0.4, 0.5) is 0 Å². The number of rotatable bonds is 9. The van der Waals surface area contributed by atoms with Gasteiger partial charge in [-0.3, -0.25) is 4.99 Å². The van der Waals surface area contributed by atoms with E-state index in [1.807, 2.05) is 18.4 Å². The fraction of sp³-hybridized carbons (Fsp3) is 0.706. The van der Waals surface area contributed by atoms with Gasteiger partial charge in [0, 0.05) is 45.3 Å². The molecule has 0 aliphatic heterocycles. The molecule has 0 unspecified atom stereocenters. The molecule has 1 aliphatic carbocycles. The SMILES string of the molecule is CCOCCC1(CNC(=NC)N(C)CCc2cccs2)CC1.I. The van der Waals surface area contributed by atoms with Crippen molar-refractivity contribution in [3.05, 3.63) is 22.4 Å². The molecular weight excluding hydrogens is 421 g/mol. The molecule has 0 atom stereocenters. The van der Waals surface area contributed by atoms with E-state index in [-0.39, 0.29) is 24.0 Å². The average molecular weight is 451 g/mol. The van der Waals surface area contributed by atoms with Crippen molar-refractivity contribution in [2.75, 3.05) is 40.4 Å². The highest BCUT2D eigenvalue weighted by atomic mass is 127. The molecule has 1 aliphatic rings. The predicted molar refractivity (Wildman–Crippen MR) is 110 cm³/mol. The first-order chi connectivity index (χ1) is 10.7. The number of hydrogen-bond donors (Lipinski definition) is 1. The van der Waals surface area contributed by atoms with E-state index in [0.717, 1.165) is 45.1 Å². The zero-order valence-electron chi connectivity index (χ0n) is 14.5. The highest BCUT2D eigenvalue weighted by Gasteiger charge is 2.42. The first-order valence-corrected chi connectivity index (χ1v) is 9.09. The minimum Gasteiger partial charge on any atom is -0.382 e. The molecule has 0 radical (unpaired) electrons. The zero-order valence-corrected chi connectivity index (χ0v) is 17.7. The van der Waals surface area contributed by atoms with Crippen LogP contribution >= 0.6 is 35.3 Å². The van der Waals surface area contributed by atoms with E-state index >= 15 is 0 Å². The Morgan fingerprint density at radius 2 is 2.26 bits per heavy atom. The van der Waals surface area contributed by atoms with Gasteiger partial charge < -0.3 is 15.0 Å². The summed E-state index contributed by atoms with van der Waals surface area (Å²) < 4.78 is 5.50. The Kier molecular flexibility index (Phi) is 9.46. The van der Waals surface area contributed by atoms with Crippen LogP contribution in [0.3, 0.4) is 0 Å². The largest absolute Gasteiger partial charge is 0.382 e. The van der Waals surface area contributed by atoms with Crippen LogP contribution < -0.4 is 5.32 Å². The third-order valence-corrected chi connectivity index (χ3v) is 5.34. The van der Waals surface area contributed by atoms with Crippen LogP contribution in [0.2, 0.25) is 0 Å². The number of likely N-dealkylation sites (N-methyl/N-ethyl adjacent to an activating group) is 1. The summed E-state index contributed by atoms with van der Waals surface area (Å²) in [6, 6.07) is 4.31. The molecule has 1 aromatic rings. The second kappa shape index (κ2) is 10.5. The maximum absolute atomic E-state index is 5.50. The number of nitrogens with one attached hydrogen (secondary N) is 1. The van der Waals surface area contributed by atoms with Crippen molar-refractivity contribution in [3.63, 3.8) is 0 Å². The van der Waals surface area contributed by atoms with Crippen LogP contribution in [0.15, 0.2) is 22.5 Å². The first kappa shape index (κ1) is 20.7. The molecule has 1 fully saturated rings. The standard InChI is InChI=1S/C17H29N3OS.HI/c1-4-21-12-10-17(8-9-17)14-19-16(18-2)20(3)11-7-15-6-5-13-22-15;/h5-6,13H,4,7-12,14H2,1-3H3,(H,18,19);1H. The molecule has 0 saturated heterocycles. The van der Waals surface area contributed by atoms with E-state index in [1.165, 1.54) is 17.7 Å². The smallest absolute Gasteiger partial charge is 0.193 e. The highest BCUT2D eigenvalue weighted by molar-refractivity contribution is 14.0.